The third kappa shape index (κ3) is 2.86. The molecule has 1 aliphatic rings. The Labute approximate surface area is 145 Å². The van der Waals surface area contributed by atoms with E-state index in [2.05, 4.69) is 6.07 Å². The highest BCUT2D eigenvalue weighted by Gasteiger charge is 2.23. The zero-order chi connectivity index (χ0) is 17.3. The number of hydrogen-bond donors (Lipinski definition) is 1. The number of rotatable bonds is 3. The number of hydrogen-bond acceptors (Lipinski definition) is 4. The average Bonchev–Trinajstić information content (AvgIpc) is 3.06. The minimum absolute atomic E-state index is 0.118. The van der Waals surface area contributed by atoms with Gasteiger partial charge in [-0.25, -0.2) is 0 Å². The third-order valence-corrected chi connectivity index (χ3v) is 4.40. The monoisotopic (exact) mass is 337 g/mol. The second-order valence-corrected chi connectivity index (χ2v) is 6.17. The summed E-state index contributed by atoms with van der Waals surface area (Å²) in [5.74, 6) is -0.118. The number of carbonyl (C=O) groups is 1. The molecule has 5 heteroatoms. The highest BCUT2D eigenvalue weighted by molar-refractivity contribution is 6.30. The average molecular weight is 338 g/mol. The normalized spacial score (nSPS) is 13.5. The molecule has 0 unspecified atom stereocenters. The Morgan fingerprint density at radius 2 is 1.96 bits per heavy atom. The summed E-state index contributed by atoms with van der Waals surface area (Å²) < 4.78 is 0. The van der Waals surface area contributed by atoms with Gasteiger partial charge in [0.1, 0.15) is 0 Å². The molecule has 0 saturated heterocycles. The standard InChI is InChI=1S/C19H16ClN3O/c1-12-2-7-16(19(24)14-3-5-15(20)6-4-14)18(17(12)22)23-9-8-13(10-21)11-23/h2-7,11H,8-9,22H2,1H3. The van der Waals surface area contributed by atoms with Crippen LogP contribution in [0.15, 0.2) is 48.2 Å². The fraction of sp³-hybridized carbons (Fsp3) is 0.158. The fourth-order valence-corrected chi connectivity index (χ4v) is 2.90. The summed E-state index contributed by atoms with van der Waals surface area (Å²) in [6.07, 6.45) is 2.42. The van der Waals surface area contributed by atoms with Gasteiger partial charge in [0.25, 0.3) is 0 Å². The van der Waals surface area contributed by atoms with Gasteiger partial charge in [-0.1, -0.05) is 17.7 Å². The minimum Gasteiger partial charge on any atom is -0.397 e. The molecule has 0 bridgehead atoms. The van der Waals surface area contributed by atoms with E-state index in [1.165, 1.54) is 0 Å². The third-order valence-electron chi connectivity index (χ3n) is 4.15. The summed E-state index contributed by atoms with van der Waals surface area (Å²) in [4.78, 5) is 14.8. The number of halogens is 1. The zero-order valence-corrected chi connectivity index (χ0v) is 14.0. The van der Waals surface area contributed by atoms with Crippen molar-refractivity contribution in [2.45, 2.75) is 13.3 Å². The maximum Gasteiger partial charge on any atom is 0.195 e. The maximum absolute atomic E-state index is 12.9. The summed E-state index contributed by atoms with van der Waals surface area (Å²) >= 11 is 5.90. The molecule has 120 valence electrons. The fourth-order valence-electron chi connectivity index (χ4n) is 2.78. The molecule has 4 nitrogen and oxygen atoms in total. The van der Waals surface area contributed by atoms with Gasteiger partial charge in [-0.15, -0.1) is 0 Å². The first-order chi connectivity index (χ1) is 11.5. The summed E-state index contributed by atoms with van der Waals surface area (Å²) in [5, 5.41) is 9.66. The van der Waals surface area contributed by atoms with Crippen LogP contribution in [0.5, 0.6) is 0 Å². The first-order valence-electron chi connectivity index (χ1n) is 7.58. The predicted octanol–water partition coefficient (Wildman–Crippen LogP) is 4.08. The van der Waals surface area contributed by atoms with Crippen LogP contribution in [0.1, 0.15) is 27.9 Å². The van der Waals surface area contributed by atoms with Crippen molar-refractivity contribution in [3.05, 3.63) is 69.9 Å². The van der Waals surface area contributed by atoms with Gasteiger partial charge in [0.15, 0.2) is 5.78 Å². The molecule has 3 rings (SSSR count). The van der Waals surface area contributed by atoms with Crippen LogP contribution >= 0.6 is 11.6 Å². The molecular formula is C19H16ClN3O. The SMILES string of the molecule is Cc1ccc(C(=O)c2ccc(Cl)cc2)c(N2C=C(C#N)CC2)c1N. The molecule has 2 N–H and O–H groups in total. The first kappa shape index (κ1) is 16.1. The van der Waals surface area contributed by atoms with E-state index in [-0.39, 0.29) is 5.78 Å². The van der Waals surface area contributed by atoms with Gasteiger partial charge in [-0.3, -0.25) is 4.79 Å². The van der Waals surface area contributed by atoms with Crippen molar-refractivity contribution in [1.82, 2.24) is 0 Å². The van der Waals surface area contributed by atoms with Gasteiger partial charge in [0.2, 0.25) is 0 Å². The quantitative estimate of drug-likeness (QED) is 0.676. The lowest BCUT2D eigenvalue weighted by Crippen LogP contribution is -2.19. The van der Waals surface area contributed by atoms with Crippen LogP contribution in [0.3, 0.4) is 0 Å². The molecule has 2 aromatic carbocycles. The van der Waals surface area contributed by atoms with Gasteiger partial charge >= 0.3 is 0 Å². The Balaban J connectivity index is 2.10. The number of anilines is 2. The summed E-state index contributed by atoms with van der Waals surface area (Å²) in [5.41, 5.74) is 10.1. The van der Waals surface area contributed by atoms with Crippen molar-refractivity contribution in [3.63, 3.8) is 0 Å². The second-order valence-electron chi connectivity index (χ2n) is 5.74. The van der Waals surface area contributed by atoms with Crippen LogP contribution < -0.4 is 10.6 Å². The minimum atomic E-state index is -0.118. The van der Waals surface area contributed by atoms with E-state index in [1.807, 2.05) is 17.9 Å². The van der Waals surface area contributed by atoms with Crippen molar-refractivity contribution >= 4 is 28.8 Å². The largest absolute Gasteiger partial charge is 0.397 e. The second kappa shape index (κ2) is 6.38. The lowest BCUT2D eigenvalue weighted by Gasteiger charge is -2.22. The maximum atomic E-state index is 12.9. The smallest absolute Gasteiger partial charge is 0.195 e. The van der Waals surface area contributed by atoms with Crippen molar-refractivity contribution < 1.29 is 4.79 Å². The molecule has 1 aliphatic heterocycles. The van der Waals surface area contributed by atoms with Crippen LogP contribution in [0.2, 0.25) is 5.02 Å². The van der Waals surface area contributed by atoms with Crippen LogP contribution in [0.4, 0.5) is 11.4 Å². The molecule has 0 fully saturated rings. The molecule has 0 amide bonds. The number of nitriles is 1. The Morgan fingerprint density at radius 3 is 2.58 bits per heavy atom. The van der Waals surface area contributed by atoms with Gasteiger partial charge in [-0.2, -0.15) is 5.26 Å². The van der Waals surface area contributed by atoms with Gasteiger partial charge < -0.3 is 10.6 Å². The summed E-state index contributed by atoms with van der Waals surface area (Å²) in [6.45, 7) is 2.54. The molecular weight excluding hydrogens is 322 g/mol. The molecule has 0 radical (unpaired) electrons. The van der Waals surface area contributed by atoms with Crippen LogP contribution in [-0.4, -0.2) is 12.3 Å². The molecule has 0 saturated carbocycles. The lowest BCUT2D eigenvalue weighted by atomic mass is 9.98. The Kier molecular flexibility index (Phi) is 4.28. The van der Waals surface area contributed by atoms with Crippen molar-refractivity contribution in [3.8, 4) is 6.07 Å². The molecule has 2 aromatic rings. The van der Waals surface area contributed by atoms with E-state index in [9.17, 15) is 4.79 Å². The van der Waals surface area contributed by atoms with Gasteiger partial charge in [0.05, 0.1) is 17.4 Å². The molecule has 0 atom stereocenters. The van der Waals surface area contributed by atoms with Crippen molar-refractivity contribution in [1.29, 1.82) is 5.26 Å². The number of nitrogens with zero attached hydrogens (tertiary/aromatic N) is 2. The molecule has 0 aromatic heterocycles. The van der Waals surface area contributed by atoms with E-state index >= 15 is 0 Å². The topological polar surface area (TPSA) is 70.1 Å². The highest BCUT2D eigenvalue weighted by atomic mass is 35.5. The molecule has 1 heterocycles. The number of nitrogen functional groups attached to an aromatic ring is 1. The zero-order valence-electron chi connectivity index (χ0n) is 13.2. The number of carbonyl (C=O) groups excluding carboxylic acids is 1. The summed E-state index contributed by atoms with van der Waals surface area (Å²) in [6, 6.07) is 12.6. The highest BCUT2D eigenvalue weighted by Crippen LogP contribution is 2.35. The van der Waals surface area contributed by atoms with E-state index in [4.69, 9.17) is 22.6 Å². The van der Waals surface area contributed by atoms with Crippen molar-refractivity contribution in [2.75, 3.05) is 17.2 Å². The van der Waals surface area contributed by atoms with Gasteiger partial charge in [-0.05, 0) is 42.8 Å². The summed E-state index contributed by atoms with van der Waals surface area (Å²) in [7, 11) is 0. The Hall–Kier alpha value is -2.77. The molecule has 0 aliphatic carbocycles. The van der Waals surface area contributed by atoms with Crippen LogP contribution in [0.25, 0.3) is 0 Å². The van der Waals surface area contributed by atoms with Crippen LogP contribution in [-0.2, 0) is 0 Å². The lowest BCUT2D eigenvalue weighted by molar-refractivity contribution is 0.103. The number of ketones is 1. The van der Waals surface area contributed by atoms with Crippen molar-refractivity contribution in [2.24, 2.45) is 0 Å². The Morgan fingerprint density at radius 1 is 1.25 bits per heavy atom. The van der Waals surface area contributed by atoms with E-state index < -0.39 is 0 Å². The molecule has 0 spiro atoms. The van der Waals surface area contributed by atoms with E-state index in [0.717, 1.165) is 5.56 Å². The van der Waals surface area contributed by atoms with E-state index in [0.29, 0.717) is 46.1 Å². The van der Waals surface area contributed by atoms with Gasteiger partial charge in [0, 0.05) is 40.9 Å². The number of aryl methyl sites for hydroxylation is 1. The number of nitrogens with two attached hydrogens (primary N) is 1. The van der Waals surface area contributed by atoms with E-state index in [1.54, 1.807) is 36.5 Å². The Bertz CT molecular complexity index is 879. The molecule has 24 heavy (non-hydrogen) atoms. The van der Waals surface area contributed by atoms with Crippen LogP contribution in [0, 0.1) is 18.3 Å². The first-order valence-corrected chi connectivity index (χ1v) is 7.96. The predicted molar refractivity (Wildman–Crippen MR) is 96.1 cm³/mol. The number of benzene rings is 2.